The highest BCUT2D eigenvalue weighted by Crippen LogP contribution is 2.38. The van der Waals surface area contributed by atoms with Crippen molar-refractivity contribution in [1.29, 1.82) is 0 Å². The minimum atomic E-state index is 0.236. The van der Waals surface area contributed by atoms with E-state index in [1.165, 1.54) is 12.8 Å². The summed E-state index contributed by atoms with van der Waals surface area (Å²) in [5.41, 5.74) is 0.922. The van der Waals surface area contributed by atoms with Gasteiger partial charge < -0.3 is 15.2 Å². The number of hydrogen-bond donors (Lipinski definition) is 2. The Balaban J connectivity index is 2.33. The second-order valence-corrected chi connectivity index (χ2v) is 4.90. The maximum absolute atomic E-state index is 10.0. The number of methoxy groups -OCH3 is 1. The van der Waals surface area contributed by atoms with E-state index in [0.29, 0.717) is 10.2 Å². The first-order valence-corrected chi connectivity index (χ1v) is 6.31. The standard InChI is InChI=1S/C12H16BrNO2/c1-16-8-6-9(12(15)10(13)7-8)11-4-2-3-5-14-11/h6-7,11,14-15H,2-5H2,1H3/t11-/m1/s1. The molecule has 1 aliphatic heterocycles. The van der Waals surface area contributed by atoms with Crippen LogP contribution in [0.3, 0.4) is 0 Å². The van der Waals surface area contributed by atoms with Crippen molar-refractivity contribution in [2.45, 2.75) is 25.3 Å². The number of rotatable bonds is 2. The van der Waals surface area contributed by atoms with Crippen LogP contribution in [0.5, 0.6) is 11.5 Å². The van der Waals surface area contributed by atoms with Gasteiger partial charge in [0.25, 0.3) is 0 Å². The number of benzene rings is 1. The summed E-state index contributed by atoms with van der Waals surface area (Å²) in [6.07, 6.45) is 3.47. The Morgan fingerprint density at radius 3 is 2.88 bits per heavy atom. The Morgan fingerprint density at radius 1 is 1.44 bits per heavy atom. The number of halogens is 1. The lowest BCUT2D eigenvalue weighted by Gasteiger charge is -2.25. The van der Waals surface area contributed by atoms with Crippen LogP contribution in [0.25, 0.3) is 0 Å². The monoisotopic (exact) mass is 285 g/mol. The molecule has 1 heterocycles. The maximum atomic E-state index is 10.0. The van der Waals surface area contributed by atoms with Gasteiger partial charge in [0, 0.05) is 11.6 Å². The van der Waals surface area contributed by atoms with Crippen LogP contribution in [-0.2, 0) is 0 Å². The summed E-state index contributed by atoms with van der Waals surface area (Å²) in [6.45, 7) is 1.01. The number of nitrogens with one attached hydrogen (secondary N) is 1. The van der Waals surface area contributed by atoms with Gasteiger partial charge in [-0.3, -0.25) is 0 Å². The van der Waals surface area contributed by atoms with E-state index in [1.807, 2.05) is 6.07 Å². The topological polar surface area (TPSA) is 41.5 Å². The first-order valence-electron chi connectivity index (χ1n) is 5.52. The normalized spacial score (nSPS) is 20.8. The third-order valence-corrected chi connectivity index (χ3v) is 3.59. The van der Waals surface area contributed by atoms with Gasteiger partial charge in [0.1, 0.15) is 11.5 Å². The molecule has 1 aliphatic rings. The molecule has 2 rings (SSSR count). The van der Waals surface area contributed by atoms with Gasteiger partial charge in [-0.1, -0.05) is 6.42 Å². The molecular weight excluding hydrogens is 270 g/mol. The largest absolute Gasteiger partial charge is 0.506 e. The maximum Gasteiger partial charge on any atom is 0.134 e. The summed E-state index contributed by atoms with van der Waals surface area (Å²) in [4.78, 5) is 0. The minimum absolute atomic E-state index is 0.236. The Labute approximate surface area is 104 Å². The summed E-state index contributed by atoms with van der Waals surface area (Å²) in [5.74, 6) is 1.09. The van der Waals surface area contributed by atoms with Crippen molar-refractivity contribution in [2.75, 3.05) is 13.7 Å². The second kappa shape index (κ2) is 5.06. The van der Waals surface area contributed by atoms with Crippen molar-refractivity contribution in [2.24, 2.45) is 0 Å². The number of piperidine rings is 1. The molecule has 16 heavy (non-hydrogen) atoms. The Morgan fingerprint density at radius 2 is 2.25 bits per heavy atom. The molecule has 4 heteroatoms. The van der Waals surface area contributed by atoms with Crippen LogP contribution in [0, 0.1) is 0 Å². The Bertz CT molecular complexity index is 376. The number of phenols is 1. The average molecular weight is 286 g/mol. The molecule has 1 saturated heterocycles. The lowest BCUT2D eigenvalue weighted by atomic mass is 9.96. The zero-order valence-corrected chi connectivity index (χ0v) is 10.9. The van der Waals surface area contributed by atoms with E-state index in [1.54, 1.807) is 13.2 Å². The molecule has 0 radical (unpaired) electrons. The second-order valence-electron chi connectivity index (χ2n) is 4.05. The van der Waals surface area contributed by atoms with Gasteiger partial charge in [-0.2, -0.15) is 0 Å². The van der Waals surface area contributed by atoms with E-state index in [2.05, 4.69) is 21.2 Å². The predicted octanol–water partition coefficient (Wildman–Crippen LogP) is 2.98. The van der Waals surface area contributed by atoms with Crippen LogP contribution in [0.2, 0.25) is 0 Å². The van der Waals surface area contributed by atoms with Crippen molar-refractivity contribution >= 4 is 15.9 Å². The molecular formula is C12H16BrNO2. The average Bonchev–Trinajstić information content (AvgIpc) is 2.33. The highest BCUT2D eigenvalue weighted by Gasteiger charge is 2.20. The van der Waals surface area contributed by atoms with Gasteiger partial charge in [0.2, 0.25) is 0 Å². The number of aromatic hydroxyl groups is 1. The zero-order chi connectivity index (χ0) is 11.5. The third-order valence-electron chi connectivity index (χ3n) is 2.99. The quantitative estimate of drug-likeness (QED) is 0.878. The molecule has 0 aromatic heterocycles. The summed E-state index contributed by atoms with van der Waals surface area (Å²) < 4.78 is 5.90. The minimum Gasteiger partial charge on any atom is -0.506 e. The van der Waals surface area contributed by atoms with E-state index < -0.39 is 0 Å². The van der Waals surface area contributed by atoms with Crippen molar-refractivity contribution in [3.63, 3.8) is 0 Å². The van der Waals surface area contributed by atoms with Gasteiger partial charge in [0.15, 0.2) is 0 Å². The van der Waals surface area contributed by atoms with Crippen LogP contribution >= 0.6 is 15.9 Å². The van der Waals surface area contributed by atoms with Gasteiger partial charge in [0.05, 0.1) is 11.6 Å². The summed E-state index contributed by atoms with van der Waals surface area (Å²) in [6, 6.07) is 3.92. The first kappa shape index (κ1) is 11.7. The van der Waals surface area contributed by atoms with Crippen LogP contribution in [-0.4, -0.2) is 18.8 Å². The van der Waals surface area contributed by atoms with E-state index in [0.717, 1.165) is 24.3 Å². The number of phenolic OH excluding ortho intramolecular Hbond substituents is 1. The van der Waals surface area contributed by atoms with E-state index >= 15 is 0 Å². The Kier molecular flexibility index (Phi) is 3.71. The fourth-order valence-electron chi connectivity index (χ4n) is 2.10. The fourth-order valence-corrected chi connectivity index (χ4v) is 2.55. The third kappa shape index (κ3) is 2.33. The molecule has 0 aliphatic carbocycles. The molecule has 0 amide bonds. The molecule has 88 valence electrons. The molecule has 1 aromatic carbocycles. The molecule has 0 saturated carbocycles. The predicted molar refractivity (Wildman–Crippen MR) is 67.0 cm³/mol. The zero-order valence-electron chi connectivity index (χ0n) is 9.29. The van der Waals surface area contributed by atoms with E-state index in [-0.39, 0.29) is 6.04 Å². The lowest BCUT2D eigenvalue weighted by Crippen LogP contribution is -2.26. The van der Waals surface area contributed by atoms with E-state index in [4.69, 9.17) is 4.74 Å². The Hall–Kier alpha value is -0.740. The molecule has 1 atom stereocenters. The summed E-state index contributed by atoms with van der Waals surface area (Å²) in [5, 5.41) is 13.4. The summed E-state index contributed by atoms with van der Waals surface area (Å²) in [7, 11) is 1.64. The number of hydrogen-bond acceptors (Lipinski definition) is 3. The molecule has 0 spiro atoms. The molecule has 0 unspecified atom stereocenters. The molecule has 1 fully saturated rings. The van der Waals surface area contributed by atoms with Crippen molar-refractivity contribution in [3.8, 4) is 11.5 Å². The highest BCUT2D eigenvalue weighted by atomic mass is 79.9. The van der Waals surface area contributed by atoms with Crippen LogP contribution in [0.15, 0.2) is 16.6 Å². The van der Waals surface area contributed by atoms with Gasteiger partial charge in [-0.05, 0) is 47.4 Å². The van der Waals surface area contributed by atoms with Crippen LogP contribution in [0.4, 0.5) is 0 Å². The van der Waals surface area contributed by atoms with Gasteiger partial charge in [-0.25, -0.2) is 0 Å². The first-order chi connectivity index (χ1) is 7.72. The highest BCUT2D eigenvalue weighted by molar-refractivity contribution is 9.10. The molecule has 2 N–H and O–H groups in total. The van der Waals surface area contributed by atoms with Crippen molar-refractivity contribution < 1.29 is 9.84 Å². The molecule has 1 aromatic rings. The van der Waals surface area contributed by atoms with Crippen molar-refractivity contribution in [3.05, 3.63) is 22.2 Å². The van der Waals surface area contributed by atoms with Gasteiger partial charge >= 0.3 is 0 Å². The SMILES string of the molecule is COc1cc(Br)c(O)c([C@H]2CCCCN2)c1. The number of ether oxygens (including phenoxy) is 1. The lowest BCUT2D eigenvalue weighted by molar-refractivity contribution is 0.381. The van der Waals surface area contributed by atoms with Crippen LogP contribution < -0.4 is 10.1 Å². The fraction of sp³-hybridized carbons (Fsp3) is 0.500. The summed E-state index contributed by atoms with van der Waals surface area (Å²) >= 11 is 3.35. The smallest absolute Gasteiger partial charge is 0.134 e. The van der Waals surface area contributed by atoms with Crippen molar-refractivity contribution in [1.82, 2.24) is 5.32 Å². The van der Waals surface area contributed by atoms with Gasteiger partial charge in [-0.15, -0.1) is 0 Å². The molecule has 0 bridgehead atoms. The molecule has 3 nitrogen and oxygen atoms in total. The van der Waals surface area contributed by atoms with E-state index in [9.17, 15) is 5.11 Å². The van der Waals surface area contributed by atoms with Crippen LogP contribution in [0.1, 0.15) is 30.9 Å².